The van der Waals surface area contributed by atoms with E-state index in [9.17, 15) is 4.79 Å². The van der Waals surface area contributed by atoms with Crippen LogP contribution in [0.2, 0.25) is 0 Å². The van der Waals surface area contributed by atoms with Crippen LogP contribution < -0.4 is 4.74 Å². The topological polar surface area (TPSA) is 61.3 Å². The maximum Gasteiger partial charge on any atom is 0.358 e. The maximum atomic E-state index is 11.3. The van der Waals surface area contributed by atoms with E-state index in [2.05, 4.69) is 23.1 Å². The van der Waals surface area contributed by atoms with Crippen LogP contribution in [0.3, 0.4) is 0 Å². The first-order chi connectivity index (χ1) is 7.77. The van der Waals surface area contributed by atoms with Gasteiger partial charge in [-0.25, -0.2) is 14.8 Å². The van der Waals surface area contributed by atoms with Gasteiger partial charge in [0.1, 0.15) is 13.2 Å². The van der Waals surface area contributed by atoms with E-state index >= 15 is 0 Å². The third-order valence-electron chi connectivity index (χ3n) is 1.52. The highest BCUT2D eigenvalue weighted by Crippen LogP contribution is 2.04. The van der Waals surface area contributed by atoms with Crippen LogP contribution in [0.4, 0.5) is 0 Å². The number of carbonyl (C=O) groups excluding carboxylic acids is 1. The summed E-state index contributed by atoms with van der Waals surface area (Å²) in [5, 5.41) is 0. The van der Waals surface area contributed by atoms with E-state index < -0.39 is 5.97 Å². The van der Waals surface area contributed by atoms with E-state index in [0.29, 0.717) is 12.5 Å². The number of ether oxygens (including phenoxy) is 2. The van der Waals surface area contributed by atoms with Crippen LogP contribution in [0.15, 0.2) is 37.7 Å². The van der Waals surface area contributed by atoms with Gasteiger partial charge in [-0.2, -0.15) is 0 Å². The quantitative estimate of drug-likeness (QED) is 0.535. The highest BCUT2D eigenvalue weighted by molar-refractivity contribution is 5.86. The molecule has 1 rings (SSSR count). The Morgan fingerprint density at radius 2 is 2.00 bits per heavy atom. The standard InChI is InChI=1S/C11H12N2O3/c1-3-5-15-10-8-12-9(7-13-10)11(14)16-6-4-2/h3-4,7-8H,1-2,5-6H2. The number of carbonyl (C=O) groups is 1. The van der Waals surface area contributed by atoms with Crippen molar-refractivity contribution in [2.45, 2.75) is 0 Å². The van der Waals surface area contributed by atoms with Gasteiger partial charge in [-0.3, -0.25) is 0 Å². The number of nitrogens with zero attached hydrogens (tertiary/aromatic N) is 2. The Kier molecular flexibility index (Phi) is 4.72. The Labute approximate surface area is 93.4 Å². The fourth-order valence-electron chi connectivity index (χ4n) is 0.849. The first-order valence-corrected chi connectivity index (χ1v) is 4.61. The number of hydrogen-bond acceptors (Lipinski definition) is 5. The van der Waals surface area contributed by atoms with Crippen LogP contribution in [0.25, 0.3) is 0 Å². The third kappa shape index (κ3) is 3.53. The second-order valence-electron chi connectivity index (χ2n) is 2.73. The summed E-state index contributed by atoms with van der Waals surface area (Å²) < 4.78 is 9.89. The third-order valence-corrected chi connectivity index (χ3v) is 1.52. The molecule has 0 aliphatic carbocycles. The van der Waals surface area contributed by atoms with Crippen LogP contribution >= 0.6 is 0 Å². The second kappa shape index (κ2) is 6.34. The molecule has 0 fully saturated rings. The fourth-order valence-corrected chi connectivity index (χ4v) is 0.849. The SMILES string of the molecule is C=CCOC(=O)c1cnc(OCC=C)cn1. The van der Waals surface area contributed by atoms with Crippen LogP contribution in [-0.4, -0.2) is 29.2 Å². The molecule has 0 atom stereocenters. The molecular formula is C11H12N2O3. The van der Waals surface area contributed by atoms with E-state index in [0.717, 1.165) is 0 Å². The molecule has 84 valence electrons. The van der Waals surface area contributed by atoms with E-state index in [-0.39, 0.29) is 12.3 Å². The molecule has 1 heterocycles. The predicted octanol–water partition coefficient (Wildman–Crippen LogP) is 1.38. The molecule has 0 amide bonds. The molecule has 5 nitrogen and oxygen atoms in total. The molecule has 0 aromatic carbocycles. The Morgan fingerprint density at radius 3 is 2.56 bits per heavy atom. The van der Waals surface area contributed by atoms with Gasteiger partial charge in [0.15, 0.2) is 5.69 Å². The van der Waals surface area contributed by atoms with E-state index in [1.54, 1.807) is 6.08 Å². The molecule has 1 aromatic rings. The zero-order valence-corrected chi connectivity index (χ0v) is 8.76. The lowest BCUT2D eigenvalue weighted by Crippen LogP contribution is -2.08. The van der Waals surface area contributed by atoms with Gasteiger partial charge in [0.2, 0.25) is 5.88 Å². The fraction of sp³-hybridized carbons (Fsp3) is 0.182. The van der Waals surface area contributed by atoms with Gasteiger partial charge >= 0.3 is 5.97 Å². The van der Waals surface area contributed by atoms with Crippen molar-refractivity contribution in [2.24, 2.45) is 0 Å². The first kappa shape index (κ1) is 11.9. The van der Waals surface area contributed by atoms with E-state index in [4.69, 9.17) is 9.47 Å². The predicted molar refractivity (Wildman–Crippen MR) is 58.2 cm³/mol. The lowest BCUT2D eigenvalue weighted by atomic mass is 10.4. The minimum atomic E-state index is -0.539. The van der Waals surface area contributed by atoms with E-state index in [1.165, 1.54) is 18.5 Å². The van der Waals surface area contributed by atoms with Crippen LogP contribution in [0.1, 0.15) is 10.5 Å². The largest absolute Gasteiger partial charge is 0.472 e. The Hall–Kier alpha value is -2.17. The highest BCUT2D eigenvalue weighted by atomic mass is 16.5. The van der Waals surface area contributed by atoms with Gasteiger partial charge < -0.3 is 9.47 Å². The van der Waals surface area contributed by atoms with Crippen LogP contribution in [-0.2, 0) is 4.74 Å². The summed E-state index contributed by atoms with van der Waals surface area (Å²) in [6.45, 7) is 7.42. The number of esters is 1. The van der Waals surface area contributed by atoms with Crippen molar-refractivity contribution in [3.63, 3.8) is 0 Å². The lowest BCUT2D eigenvalue weighted by molar-refractivity contribution is 0.0542. The molecule has 0 radical (unpaired) electrons. The van der Waals surface area contributed by atoms with Gasteiger partial charge in [0.25, 0.3) is 0 Å². The number of hydrogen-bond donors (Lipinski definition) is 0. The van der Waals surface area contributed by atoms with Gasteiger partial charge in [-0.15, -0.1) is 0 Å². The smallest absolute Gasteiger partial charge is 0.358 e. The number of aromatic nitrogens is 2. The molecular weight excluding hydrogens is 208 g/mol. The molecule has 5 heteroatoms. The minimum absolute atomic E-state index is 0.132. The van der Waals surface area contributed by atoms with Crippen LogP contribution in [0, 0.1) is 0 Å². The minimum Gasteiger partial charge on any atom is -0.472 e. The van der Waals surface area contributed by atoms with Crippen molar-refractivity contribution in [1.29, 1.82) is 0 Å². The summed E-state index contributed by atoms with van der Waals surface area (Å²) in [5.41, 5.74) is 0.132. The highest BCUT2D eigenvalue weighted by Gasteiger charge is 2.08. The van der Waals surface area contributed by atoms with Crippen molar-refractivity contribution >= 4 is 5.97 Å². The summed E-state index contributed by atoms with van der Waals surface area (Å²) in [5.74, 6) is -0.206. The van der Waals surface area contributed by atoms with Gasteiger partial charge in [-0.1, -0.05) is 25.3 Å². The molecule has 1 aromatic heterocycles. The van der Waals surface area contributed by atoms with E-state index in [1.807, 2.05) is 0 Å². The lowest BCUT2D eigenvalue weighted by Gasteiger charge is -2.02. The summed E-state index contributed by atoms with van der Waals surface area (Å²) in [6.07, 6.45) is 5.72. The Bertz CT molecular complexity index is 373. The van der Waals surface area contributed by atoms with Crippen molar-refractivity contribution in [1.82, 2.24) is 9.97 Å². The number of rotatable bonds is 6. The Balaban J connectivity index is 2.59. The second-order valence-corrected chi connectivity index (χ2v) is 2.73. The molecule has 0 bridgehead atoms. The maximum absolute atomic E-state index is 11.3. The molecule has 0 N–H and O–H groups in total. The zero-order chi connectivity index (χ0) is 11.8. The molecule has 0 aliphatic rings. The van der Waals surface area contributed by atoms with Gasteiger partial charge in [0, 0.05) is 0 Å². The summed E-state index contributed by atoms with van der Waals surface area (Å²) in [6, 6.07) is 0. The summed E-state index contributed by atoms with van der Waals surface area (Å²) >= 11 is 0. The van der Waals surface area contributed by atoms with Crippen molar-refractivity contribution in [3.8, 4) is 5.88 Å². The summed E-state index contributed by atoms with van der Waals surface area (Å²) in [7, 11) is 0. The molecule has 16 heavy (non-hydrogen) atoms. The molecule has 0 aliphatic heterocycles. The van der Waals surface area contributed by atoms with Crippen molar-refractivity contribution < 1.29 is 14.3 Å². The average Bonchev–Trinajstić information content (AvgIpc) is 2.34. The Morgan fingerprint density at radius 1 is 1.25 bits per heavy atom. The average molecular weight is 220 g/mol. The molecule has 0 saturated carbocycles. The van der Waals surface area contributed by atoms with Gasteiger partial charge in [0.05, 0.1) is 12.4 Å². The van der Waals surface area contributed by atoms with Crippen LogP contribution in [0.5, 0.6) is 5.88 Å². The molecule has 0 unspecified atom stereocenters. The molecule has 0 saturated heterocycles. The summed E-state index contributed by atoms with van der Waals surface area (Å²) in [4.78, 5) is 19.0. The zero-order valence-electron chi connectivity index (χ0n) is 8.76. The van der Waals surface area contributed by atoms with Crippen molar-refractivity contribution in [2.75, 3.05) is 13.2 Å². The van der Waals surface area contributed by atoms with Gasteiger partial charge in [-0.05, 0) is 0 Å². The molecule has 0 spiro atoms. The normalized spacial score (nSPS) is 9.25. The monoisotopic (exact) mass is 220 g/mol. The first-order valence-electron chi connectivity index (χ1n) is 4.61. The van der Waals surface area contributed by atoms with Crippen molar-refractivity contribution in [3.05, 3.63) is 43.4 Å².